The minimum atomic E-state index is -0.219. The van der Waals surface area contributed by atoms with E-state index in [1.807, 2.05) is 29.8 Å². The van der Waals surface area contributed by atoms with Gasteiger partial charge in [-0.05, 0) is 18.4 Å². The van der Waals surface area contributed by atoms with Gasteiger partial charge < -0.3 is 14.2 Å². The summed E-state index contributed by atoms with van der Waals surface area (Å²) in [5, 5.41) is 8.20. The number of aromatic nitrogens is 1. The predicted octanol–water partition coefficient (Wildman–Crippen LogP) is 2.68. The predicted molar refractivity (Wildman–Crippen MR) is 83.7 cm³/mol. The van der Waals surface area contributed by atoms with Crippen molar-refractivity contribution in [2.45, 2.75) is 13.5 Å². The maximum Gasteiger partial charge on any atom is 0.409 e. The fourth-order valence-corrected chi connectivity index (χ4v) is 3.10. The summed E-state index contributed by atoms with van der Waals surface area (Å²) in [6, 6.07) is 4.01. The van der Waals surface area contributed by atoms with Crippen LogP contribution in [0.15, 0.2) is 27.4 Å². The highest BCUT2D eigenvalue weighted by Crippen LogP contribution is 2.23. The van der Waals surface area contributed by atoms with Crippen LogP contribution >= 0.6 is 11.3 Å². The van der Waals surface area contributed by atoms with Crippen LogP contribution in [0.1, 0.15) is 12.6 Å². The lowest BCUT2D eigenvalue weighted by atomic mass is 10.2. The fraction of sp³-hybridized carbons (Fsp3) is 0.467. The summed E-state index contributed by atoms with van der Waals surface area (Å²) in [6.45, 7) is 6.00. The van der Waals surface area contributed by atoms with Crippen molar-refractivity contribution in [2.75, 3.05) is 32.8 Å². The van der Waals surface area contributed by atoms with Crippen molar-refractivity contribution in [1.29, 1.82) is 0 Å². The summed E-state index contributed by atoms with van der Waals surface area (Å²) in [4.78, 5) is 15.7. The molecule has 22 heavy (non-hydrogen) atoms. The van der Waals surface area contributed by atoms with Crippen molar-refractivity contribution < 1.29 is 14.1 Å². The van der Waals surface area contributed by atoms with Gasteiger partial charge in [0.05, 0.1) is 12.3 Å². The van der Waals surface area contributed by atoms with Crippen molar-refractivity contribution in [3.63, 3.8) is 0 Å². The summed E-state index contributed by atoms with van der Waals surface area (Å²) in [6.07, 6.45) is -0.219. The van der Waals surface area contributed by atoms with Crippen molar-refractivity contribution in [3.8, 4) is 11.3 Å². The number of carbonyl (C=O) groups is 1. The van der Waals surface area contributed by atoms with Gasteiger partial charge in [0, 0.05) is 49.7 Å². The molecule has 1 aliphatic rings. The molecular formula is C15H19N3O3S. The monoisotopic (exact) mass is 321 g/mol. The van der Waals surface area contributed by atoms with E-state index in [-0.39, 0.29) is 6.09 Å². The van der Waals surface area contributed by atoms with Gasteiger partial charge in [0.25, 0.3) is 0 Å². The molecule has 0 radical (unpaired) electrons. The Balaban J connectivity index is 1.52. The zero-order valence-electron chi connectivity index (χ0n) is 12.5. The highest BCUT2D eigenvalue weighted by molar-refractivity contribution is 7.08. The molecule has 6 nitrogen and oxygen atoms in total. The van der Waals surface area contributed by atoms with E-state index < -0.39 is 0 Å². The van der Waals surface area contributed by atoms with Gasteiger partial charge in [-0.2, -0.15) is 11.3 Å². The van der Waals surface area contributed by atoms with E-state index in [0.717, 1.165) is 36.7 Å². The van der Waals surface area contributed by atoms with Gasteiger partial charge in [-0.3, -0.25) is 4.90 Å². The maximum absolute atomic E-state index is 11.7. The summed E-state index contributed by atoms with van der Waals surface area (Å²) >= 11 is 1.64. The quantitative estimate of drug-likeness (QED) is 0.866. The molecule has 2 aromatic rings. The Bertz CT molecular complexity index is 603. The molecule has 0 N–H and O–H groups in total. The number of carbonyl (C=O) groups excluding carboxylic acids is 1. The van der Waals surface area contributed by atoms with Crippen LogP contribution < -0.4 is 0 Å². The van der Waals surface area contributed by atoms with Gasteiger partial charge in [-0.25, -0.2) is 4.79 Å². The minimum absolute atomic E-state index is 0.219. The first-order valence-corrected chi connectivity index (χ1v) is 8.32. The highest BCUT2D eigenvalue weighted by Gasteiger charge is 2.22. The third kappa shape index (κ3) is 3.48. The fourth-order valence-electron chi connectivity index (χ4n) is 2.46. The average molecular weight is 321 g/mol. The zero-order chi connectivity index (χ0) is 15.4. The second-order valence-corrected chi connectivity index (χ2v) is 5.94. The summed E-state index contributed by atoms with van der Waals surface area (Å²) in [5.41, 5.74) is 1.99. The van der Waals surface area contributed by atoms with Crippen LogP contribution in [0.2, 0.25) is 0 Å². The average Bonchev–Trinajstić information content (AvgIpc) is 3.19. The molecule has 0 unspecified atom stereocenters. The molecule has 2 aromatic heterocycles. The van der Waals surface area contributed by atoms with Gasteiger partial charge in [0.1, 0.15) is 0 Å². The first-order chi connectivity index (χ1) is 10.8. The smallest absolute Gasteiger partial charge is 0.409 e. The molecule has 0 bridgehead atoms. The molecule has 3 heterocycles. The van der Waals surface area contributed by atoms with Crippen LogP contribution in [-0.4, -0.2) is 53.8 Å². The van der Waals surface area contributed by atoms with Gasteiger partial charge in [-0.15, -0.1) is 0 Å². The van der Waals surface area contributed by atoms with E-state index in [9.17, 15) is 4.79 Å². The van der Waals surface area contributed by atoms with E-state index in [1.54, 1.807) is 16.2 Å². The number of hydrogen-bond acceptors (Lipinski definition) is 6. The number of hydrogen-bond donors (Lipinski definition) is 0. The number of piperazine rings is 1. The number of ether oxygens (including phenoxy) is 1. The SMILES string of the molecule is CCOC(=O)N1CCN(Cc2cc(-c3ccsc3)on2)CC1. The van der Waals surface area contributed by atoms with Gasteiger partial charge >= 0.3 is 6.09 Å². The van der Waals surface area contributed by atoms with Crippen molar-refractivity contribution in [1.82, 2.24) is 15.0 Å². The molecule has 0 aliphatic carbocycles. The molecule has 0 spiro atoms. The molecular weight excluding hydrogens is 302 g/mol. The topological polar surface area (TPSA) is 58.8 Å². The Kier molecular flexibility index (Phi) is 4.74. The largest absolute Gasteiger partial charge is 0.450 e. The van der Waals surface area contributed by atoms with Gasteiger partial charge in [0.2, 0.25) is 0 Å². The third-order valence-electron chi connectivity index (χ3n) is 3.65. The first kappa shape index (κ1) is 15.1. The Morgan fingerprint density at radius 3 is 2.91 bits per heavy atom. The Hall–Kier alpha value is -1.86. The Labute approximate surface area is 133 Å². The number of thiophene rings is 1. The normalized spacial score (nSPS) is 16.0. The molecule has 0 saturated carbocycles. The van der Waals surface area contributed by atoms with Crippen LogP contribution in [0.4, 0.5) is 4.79 Å². The molecule has 118 valence electrons. The lowest BCUT2D eigenvalue weighted by molar-refractivity contribution is 0.0772. The number of rotatable bonds is 4. The first-order valence-electron chi connectivity index (χ1n) is 7.38. The van der Waals surface area contributed by atoms with Crippen molar-refractivity contribution in [2.24, 2.45) is 0 Å². The van der Waals surface area contributed by atoms with Crippen molar-refractivity contribution >= 4 is 17.4 Å². The Morgan fingerprint density at radius 2 is 2.23 bits per heavy atom. The van der Waals surface area contributed by atoms with E-state index >= 15 is 0 Å². The Morgan fingerprint density at radius 1 is 1.41 bits per heavy atom. The van der Waals surface area contributed by atoms with Crippen LogP contribution in [0.5, 0.6) is 0 Å². The van der Waals surface area contributed by atoms with Gasteiger partial charge in [0.15, 0.2) is 5.76 Å². The van der Waals surface area contributed by atoms with Crippen LogP contribution in [-0.2, 0) is 11.3 Å². The number of amides is 1. The summed E-state index contributed by atoms with van der Waals surface area (Å²) < 4.78 is 10.4. The summed E-state index contributed by atoms with van der Waals surface area (Å²) in [7, 11) is 0. The van der Waals surface area contributed by atoms with E-state index in [2.05, 4.69) is 10.1 Å². The van der Waals surface area contributed by atoms with Crippen molar-refractivity contribution in [3.05, 3.63) is 28.6 Å². The number of nitrogens with zero attached hydrogens (tertiary/aromatic N) is 3. The lowest BCUT2D eigenvalue weighted by Crippen LogP contribution is -2.48. The zero-order valence-corrected chi connectivity index (χ0v) is 13.3. The molecule has 1 fully saturated rings. The van der Waals surface area contributed by atoms with E-state index in [0.29, 0.717) is 19.7 Å². The standard InChI is InChI=1S/C15H19N3O3S/c1-2-20-15(19)18-6-4-17(5-7-18)10-13-9-14(21-16-13)12-3-8-22-11-12/h3,8-9,11H,2,4-7,10H2,1H3. The highest BCUT2D eigenvalue weighted by atomic mass is 32.1. The second kappa shape index (κ2) is 6.93. The van der Waals surface area contributed by atoms with Gasteiger partial charge in [-0.1, -0.05) is 5.16 Å². The van der Waals surface area contributed by atoms with E-state index in [4.69, 9.17) is 9.26 Å². The molecule has 1 amide bonds. The van der Waals surface area contributed by atoms with E-state index in [1.165, 1.54) is 0 Å². The molecule has 7 heteroatoms. The van der Waals surface area contributed by atoms with Crippen LogP contribution in [0.3, 0.4) is 0 Å². The lowest BCUT2D eigenvalue weighted by Gasteiger charge is -2.33. The molecule has 3 rings (SSSR count). The molecule has 1 aliphatic heterocycles. The maximum atomic E-state index is 11.7. The third-order valence-corrected chi connectivity index (χ3v) is 4.33. The molecule has 0 atom stereocenters. The summed E-state index contributed by atoms with van der Waals surface area (Å²) in [5.74, 6) is 0.807. The molecule has 0 aromatic carbocycles. The minimum Gasteiger partial charge on any atom is -0.450 e. The second-order valence-electron chi connectivity index (χ2n) is 5.16. The molecule has 1 saturated heterocycles. The van der Waals surface area contributed by atoms with Crippen LogP contribution in [0, 0.1) is 0 Å². The van der Waals surface area contributed by atoms with Crippen LogP contribution in [0.25, 0.3) is 11.3 Å².